The van der Waals surface area contributed by atoms with Crippen molar-refractivity contribution in [1.82, 2.24) is 9.97 Å². The Morgan fingerprint density at radius 1 is 1.29 bits per heavy atom. The molecule has 4 N–H and O–H groups in total. The molecule has 3 aromatic rings. The highest BCUT2D eigenvalue weighted by molar-refractivity contribution is 7.84. The van der Waals surface area contributed by atoms with Crippen LogP contribution in [0.4, 0.5) is 5.82 Å². The number of nitrogens with two attached hydrogens (primary N) is 1. The van der Waals surface area contributed by atoms with Crippen LogP contribution >= 0.6 is 22.9 Å². The molecule has 1 aliphatic rings. The molecule has 9 nitrogen and oxygen atoms in total. The lowest BCUT2D eigenvalue weighted by atomic mass is 10.1. The number of halogens is 1. The number of ketones is 1. The van der Waals surface area contributed by atoms with Crippen molar-refractivity contribution in [3.05, 3.63) is 74.8 Å². The van der Waals surface area contributed by atoms with E-state index in [1.807, 2.05) is 30.3 Å². The number of nitrogens with zero attached hydrogens (tertiary/aromatic N) is 2. The smallest absolute Gasteiger partial charge is 0.333 e. The number of aliphatic hydroxyl groups excluding tert-OH is 1. The van der Waals surface area contributed by atoms with Crippen LogP contribution in [0, 0.1) is 5.92 Å². The van der Waals surface area contributed by atoms with Gasteiger partial charge in [0, 0.05) is 18.2 Å². The molecule has 4 rings (SSSR count). The predicted octanol–water partition coefficient (Wildman–Crippen LogP) is 2.78. The van der Waals surface area contributed by atoms with Crippen molar-refractivity contribution in [2.75, 3.05) is 11.9 Å². The zero-order valence-corrected chi connectivity index (χ0v) is 20.3. The van der Waals surface area contributed by atoms with Gasteiger partial charge >= 0.3 is 10.3 Å². The van der Waals surface area contributed by atoms with E-state index in [1.165, 1.54) is 23.9 Å². The molecular weight excluding hydrogens is 500 g/mol. The number of benzene rings is 1. The number of rotatable bonds is 9. The predicted molar refractivity (Wildman–Crippen MR) is 129 cm³/mol. The molecule has 2 heterocycles. The Labute approximate surface area is 206 Å². The Morgan fingerprint density at radius 2 is 2.06 bits per heavy atom. The largest absolute Gasteiger partial charge is 0.393 e. The fourth-order valence-electron chi connectivity index (χ4n) is 3.97. The van der Waals surface area contributed by atoms with Crippen LogP contribution in [0.1, 0.15) is 39.2 Å². The first kappa shape index (κ1) is 24.7. The van der Waals surface area contributed by atoms with Crippen LogP contribution in [0.3, 0.4) is 0 Å². The molecule has 0 aliphatic heterocycles. The van der Waals surface area contributed by atoms with Gasteiger partial charge in [0.1, 0.15) is 12.1 Å². The zero-order valence-electron chi connectivity index (χ0n) is 17.9. The van der Waals surface area contributed by atoms with E-state index in [0.29, 0.717) is 34.3 Å². The van der Waals surface area contributed by atoms with Gasteiger partial charge in [0.2, 0.25) is 5.78 Å². The van der Waals surface area contributed by atoms with E-state index in [1.54, 1.807) is 6.07 Å². The lowest BCUT2D eigenvalue weighted by Gasteiger charge is -2.15. The maximum Gasteiger partial charge on any atom is 0.333 e. The van der Waals surface area contributed by atoms with Crippen molar-refractivity contribution < 1.29 is 22.5 Å². The van der Waals surface area contributed by atoms with E-state index in [9.17, 15) is 18.3 Å². The van der Waals surface area contributed by atoms with Crippen molar-refractivity contribution in [2.24, 2.45) is 11.1 Å². The minimum Gasteiger partial charge on any atom is -0.393 e. The summed E-state index contributed by atoms with van der Waals surface area (Å²) in [7, 11) is -4.09. The number of anilines is 1. The first-order chi connectivity index (χ1) is 16.2. The van der Waals surface area contributed by atoms with Crippen molar-refractivity contribution in [2.45, 2.75) is 31.4 Å². The third kappa shape index (κ3) is 6.17. The highest BCUT2D eigenvalue weighted by Gasteiger charge is 2.35. The molecule has 0 saturated heterocycles. The van der Waals surface area contributed by atoms with Gasteiger partial charge in [-0.05, 0) is 36.5 Å². The standard InChI is InChI=1S/C22H23ClN4O5S2/c23-21-14(6-13-4-2-1-3-5-13)8-19(33-21)20(29)17-10-25-12-26-22(17)27-16-7-15(18(28)9-16)11-32-34(24,30)31/h1-5,8,10,12,15-16,18,28H,6-7,9,11H2,(H2,24,30,31)(H,25,26,27). The molecule has 0 bridgehead atoms. The molecule has 180 valence electrons. The second-order valence-corrected chi connectivity index (χ2v) is 11.0. The summed E-state index contributed by atoms with van der Waals surface area (Å²) in [5.74, 6) is -0.352. The number of aromatic nitrogens is 2. The second kappa shape index (κ2) is 10.5. The highest BCUT2D eigenvalue weighted by Crippen LogP contribution is 2.33. The number of aliphatic hydroxyl groups is 1. The third-order valence-corrected chi connectivity index (χ3v) is 7.52. The van der Waals surface area contributed by atoms with Crippen LogP contribution in [0.5, 0.6) is 0 Å². The topological polar surface area (TPSA) is 144 Å². The molecule has 1 fully saturated rings. The molecule has 0 radical (unpaired) electrons. The number of nitrogens with one attached hydrogen (secondary N) is 1. The van der Waals surface area contributed by atoms with Crippen LogP contribution in [0.2, 0.25) is 4.34 Å². The fourth-order valence-corrected chi connectivity index (χ4v) is 5.57. The van der Waals surface area contributed by atoms with Gasteiger partial charge in [0.05, 0.1) is 27.5 Å². The van der Waals surface area contributed by atoms with E-state index >= 15 is 0 Å². The summed E-state index contributed by atoms with van der Waals surface area (Å²) in [6.45, 7) is -0.217. The minimum atomic E-state index is -4.09. The average Bonchev–Trinajstić information content (AvgIpc) is 3.34. The van der Waals surface area contributed by atoms with Crippen LogP contribution in [0.15, 0.2) is 48.9 Å². The molecule has 3 atom stereocenters. The summed E-state index contributed by atoms with van der Waals surface area (Å²) < 4.78 is 27.3. The number of hydrogen-bond acceptors (Lipinski definition) is 9. The SMILES string of the molecule is NS(=O)(=O)OCC1CC(Nc2ncncc2C(=O)c2cc(Cc3ccccc3)c(Cl)s2)CC1O. The summed E-state index contributed by atoms with van der Waals surface area (Å²) >= 11 is 7.63. The van der Waals surface area contributed by atoms with E-state index in [0.717, 1.165) is 11.1 Å². The normalized spacial score (nSPS) is 20.4. The van der Waals surface area contributed by atoms with Gasteiger partial charge in [-0.3, -0.25) is 8.98 Å². The molecule has 1 aliphatic carbocycles. The van der Waals surface area contributed by atoms with Crippen molar-refractivity contribution in [1.29, 1.82) is 0 Å². The summed E-state index contributed by atoms with van der Waals surface area (Å²) in [5.41, 5.74) is 2.24. The van der Waals surface area contributed by atoms with Gasteiger partial charge in [-0.15, -0.1) is 11.3 Å². The highest BCUT2D eigenvalue weighted by atomic mass is 35.5. The monoisotopic (exact) mass is 522 g/mol. The summed E-state index contributed by atoms with van der Waals surface area (Å²) in [6.07, 6.45) is 3.35. The van der Waals surface area contributed by atoms with Gasteiger partial charge in [0.25, 0.3) is 0 Å². The molecule has 3 unspecified atom stereocenters. The molecule has 0 amide bonds. The van der Waals surface area contributed by atoms with Gasteiger partial charge in [-0.1, -0.05) is 41.9 Å². The second-order valence-electron chi connectivity index (χ2n) is 8.10. The average molecular weight is 523 g/mol. The lowest BCUT2D eigenvalue weighted by molar-refractivity contribution is 0.101. The summed E-state index contributed by atoms with van der Waals surface area (Å²) in [4.78, 5) is 22.0. The Kier molecular flexibility index (Phi) is 7.60. The Morgan fingerprint density at radius 3 is 2.79 bits per heavy atom. The number of carbonyl (C=O) groups excluding carboxylic acids is 1. The van der Waals surface area contributed by atoms with Crippen molar-refractivity contribution in [3.63, 3.8) is 0 Å². The van der Waals surface area contributed by atoms with Crippen LogP contribution < -0.4 is 10.5 Å². The van der Waals surface area contributed by atoms with Gasteiger partial charge < -0.3 is 10.4 Å². The van der Waals surface area contributed by atoms with Crippen molar-refractivity contribution >= 4 is 44.8 Å². The van der Waals surface area contributed by atoms with Gasteiger partial charge in [-0.25, -0.2) is 15.1 Å². The molecule has 1 aromatic carbocycles. The molecule has 0 spiro atoms. The fraction of sp³-hybridized carbons (Fsp3) is 0.318. The quantitative estimate of drug-likeness (QED) is 0.364. The molecule has 2 aromatic heterocycles. The molecule has 34 heavy (non-hydrogen) atoms. The Bertz CT molecular complexity index is 1270. The number of thiophene rings is 1. The van der Waals surface area contributed by atoms with Crippen molar-refractivity contribution in [3.8, 4) is 0 Å². The van der Waals surface area contributed by atoms with E-state index in [2.05, 4.69) is 19.5 Å². The van der Waals surface area contributed by atoms with Crippen LogP contribution in [-0.2, 0) is 20.9 Å². The summed E-state index contributed by atoms with van der Waals surface area (Å²) in [6, 6.07) is 11.4. The molecular formula is C22H23ClN4O5S2. The molecule has 1 saturated carbocycles. The van der Waals surface area contributed by atoms with E-state index < -0.39 is 22.3 Å². The van der Waals surface area contributed by atoms with E-state index in [-0.39, 0.29) is 24.0 Å². The zero-order chi connectivity index (χ0) is 24.3. The summed E-state index contributed by atoms with van der Waals surface area (Å²) in [5, 5.41) is 18.3. The Hall–Kier alpha value is -2.41. The first-order valence-corrected chi connectivity index (χ1v) is 13.1. The third-order valence-electron chi connectivity index (χ3n) is 5.62. The minimum absolute atomic E-state index is 0.217. The maximum atomic E-state index is 13.3. The lowest BCUT2D eigenvalue weighted by Crippen LogP contribution is -2.24. The van der Waals surface area contributed by atoms with Gasteiger partial charge in [0.15, 0.2) is 0 Å². The molecule has 12 heteroatoms. The van der Waals surface area contributed by atoms with Gasteiger partial charge in [-0.2, -0.15) is 8.42 Å². The first-order valence-electron chi connectivity index (χ1n) is 10.5. The Balaban J connectivity index is 1.47. The number of carbonyl (C=O) groups is 1. The number of hydrogen-bond donors (Lipinski definition) is 3. The van der Waals surface area contributed by atoms with Crippen LogP contribution in [-0.4, -0.2) is 48.0 Å². The maximum absolute atomic E-state index is 13.3. The van der Waals surface area contributed by atoms with E-state index in [4.69, 9.17) is 16.7 Å². The van der Waals surface area contributed by atoms with Crippen LogP contribution in [0.25, 0.3) is 0 Å².